The third-order valence-electron chi connectivity index (χ3n) is 1.96. The summed E-state index contributed by atoms with van der Waals surface area (Å²) in [6.45, 7) is 3.25. The lowest BCUT2D eigenvalue weighted by Crippen LogP contribution is -1.95. The lowest BCUT2D eigenvalue weighted by atomic mass is 10.0. The molecule has 0 bridgehead atoms. The Hall–Kier alpha value is -1.51. The van der Waals surface area contributed by atoms with Crippen molar-refractivity contribution in [3.8, 4) is 11.5 Å². The van der Waals surface area contributed by atoms with Crippen LogP contribution in [-0.2, 0) is 6.42 Å². The van der Waals surface area contributed by atoms with Crippen LogP contribution >= 0.6 is 0 Å². The minimum atomic E-state index is -0.202. The highest BCUT2D eigenvalue weighted by atomic mass is 16.3. The van der Waals surface area contributed by atoms with Crippen molar-refractivity contribution in [3.63, 3.8) is 0 Å². The number of benzene rings is 1. The molecule has 1 rings (SSSR count). The molecule has 2 N–H and O–H groups in total. The topological polar surface area (TPSA) is 57.5 Å². The van der Waals surface area contributed by atoms with E-state index in [9.17, 15) is 15.0 Å². The van der Waals surface area contributed by atoms with Gasteiger partial charge >= 0.3 is 0 Å². The highest BCUT2D eigenvalue weighted by molar-refractivity contribution is 5.97. The second-order valence-corrected chi connectivity index (χ2v) is 2.91. The Bertz CT molecular complexity index is 342. The van der Waals surface area contributed by atoms with Crippen LogP contribution < -0.4 is 0 Å². The van der Waals surface area contributed by atoms with Crippen molar-refractivity contribution < 1.29 is 15.0 Å². The Morgan fingerprint density at radius 2 is 1.92 bits per heavy atom. The van der Waals surface area contributed by atoms with E-state index in [2.05, 4.69) is 0 Å². The van der Waals surface area contributed by atoms with Gasteiger partial charge in [0, 0.05) is 6.07 Å². The SMILES string of the molecule is CCc1cc(C(C)=O)c(O)cc1O. The fourth-order valence-electron chi connectivity index (χ4n) is 1.19. The number of ketones is 1. The van der Waals surface area contributed by atoms with E-state index < -0.39 is 0 Å². The molecular formula is C10H12O3. The Kier molecular flexibility index (Phi) is 2.56. The van der Waals surface area contributed by atoms with Gasteiger partial charge in [-0.3, -0.25) is 4.79 Å². The zero-order valence-corrected chi connectivity index (χ0v) is 7.66. The van der Waals surface area contributed by atoms with Gasteiger partial charge in [0.1, 0.15) is 11.5 Å². The highest BCUT2D eigenvalue weighted by Gasteiger charge is 2.10. The number of rotatable bonds is 2. The number of phenolic OH excluding ortho intramolecular Hbond substituents is 2. The van der Waals surface area contributed by atoms with Crippen molar-refractivity contribution in [3.05, 3.63) is 23.3 Å². The minimum absolute atomic E-state index is 0.0324. The molecule has 0 amide bonds. The third kappa shape index (κ3) is 1.80. The third-order valence-corrected chi connectivity index (χ3v) is 1.96. The van der Waals surface area contributed by atoms with Crippen molar-refractivity contribution in [1.82, 2.24) is 0 Å². The van der Waals surface area contributed by atoms with E-state index in [0.29, 0.717) is 12.0 Å². The summed E-state index contributed by atoms with van der Waals surface area (Å²) in [5.41, 5.74) is 0.928. The Morgan fingerprint density at radius 3 is 2.38 bits per heavy atom. The maximum absolute atomic E-state index is 11.0. The van der Waals surface area contributed by atoms with Gasteiger partial charge in [0.2, 0.25) is 0 Å². The van der Waals surface area contributed by atoms with E-state index in [4.69, 9.17) is 0 Å². The van der Waals surface area contributed by atoms with E-state index in [1.807, 2.05) is 6.92 Å². The van der Waals surface area contributed by atoms with Gasteiger partial charge in [0.05, 0.1) is 5.56 Å². The molecule has 13 heavy (non-hydrogen) atoms. The van der Waals surface area contributed by atoms with Gasteiger partial charge in [-0.2, -0.15) is 0 Å². The first-order valence-electron chi connectivity index (χ1n) is 4.12. The smallest absolute Gasteiger partial charge is 0.163 e. The Balaban J connectivity index is 3.30. The Morgan fingerprint density at radius 1 is 1.31 bits per heavy atom. The van der Waals surface area contributed by atoms with Crippen LogP contribution in [0.15, 0.2) is 12.1 Å². The zero-order chi connectivity index (χ0) is 10.0. The number of carbonyl (C=O) groups is 1. The van der Waals surface area contributed by atoms with Crippen LogP contribution in [0.3, 0.4) is 0 Å². The molecule has 3 heteroatoms. The summed E-state index contributed by atoms with van der Waals surface area (Å²) in [6, 6.07) is 2.72. The number of hydrogen-bond donors (Lipinski definition) is 2. The molecule has 1 aromatic carbocycles. The molecule has 0 atom stereocenters. The van der Waals surface area contributed by atoms with Gasteiger partial charge in [-0.15, -0.1) is 0 Å². The molecule has 70 valence electrons. The molecule has 0 aromatic heterocycles. The molecule has 1 aromatic rings. The summed E-state index contributed by atoms with van der Waals surface area (Å²) in [4.78, 5) is 11.0. The van der Waals surface area contributed by atoms with Crippen molar-refractivity contribution in [2.45, 2.75) is 20.3 Å². The summed E-state index contributed by atoms with van der Waals surface area (Å²) in [5, 5.41) is 18.6. The van der Waals surface area contributed by atoms with Gasteiger partial charge in [-0.05, 0) is 25.0 Å². The van der Waals surface area contributed by atoms with Crippen molar-refractivity contribution in [2.75, 3.05) is 0 Å². The minimum Gasteiger partial charge on any atom is -0.508 e. The van der Waals surface area contributed by atoms with Crippen molar-refractivity contribution in [1.29, 1.82) is 0 Å². The normalized spacial score (nSPS) is 10.0. The van der Waals surface area contributed by atoms with E-state index in [0.717, 1.165) is 0 Å². The predicted molar refractivity (Wildman–Crippen MR) is 49.2 cm³/mol. The number of phenols is 2. The number of hydrogen-bond acceptors (Lipinski definition) is 3. The van der Waals surface area contributed by atoms with Crippen LogP contribution in [0.25, 0.3) is 0 Å². The van der Waals surface area contributed by atoms with E-state index >= 15 is 0 Å². The van der Waals surface area contributed by atoms with Crippen LogP contribution in [-0.4, -0.2) is 16.0 Å². The summed E-state index contributed by atoms with van der Waals surface area (Å²) in [5.74, 6) is -0.334. The van der Waals surface area contributed by atoms with Crippen molar-refractivity contribution in [2.24, 2.45) is 0 Å². The molecule has 0 radical (unpaired) electrons. The molecular weight excluding hydrogens is 168 g/mol. The summed E-state index contributed by atoms with van der Waals surface area (Å²) in [6.07, 6.45) is 0.631. The molecule has 0 saturated carbocycles. The monoisotopic (exact) mass is 180 g/mol. The quantitative estimate of drug-likeness (QED) is 0.683. The molecule has 0 heterocycles. The van der Waals surface area contributed by atoms with Crippen LogP contribution in [0.4, 0.5) is 0 Å². The highest BCUT2D eigenvalue weighted by Crippen LogP contribution is 2.27. The van der Waals surface area contributed by atoms with Gasteiger partial charge < -0.3 is 10.2 Å². The summed E-state index contributed by atoms with van der Waals surface area (Å²) in [7, 11) is 0. The zero-order valence-electron chi connectivity index (χ0n) is 7.66. The molecule has 0 aliphatic carbocycles. The molecule has 0 unspecified atom stereocenters. The second-order valence-electron chi connectivity index (χ2n) is 2.91. The predicted octanol–water partition coefficient (Wildman–Crippen LogP) is 1.86. The molecule has 0 fully saturated rings. The average molecular weight is 180 g/mol. The molecule has 3 nitrogen and oxygen atoms in total. The van der Waals surface area contributed by atoms with Crippen LogP contribution in [0.1, 0.15) is 29.8 Å². The Labute approximate surface area is 76.6 Å². The number of aromatic hydroxyl groups is 2. The lowest BCUT2D eigenvalue weighted by molar-refractivity contribution is 0.101. The van der Waals surface area contributed by atoms with Gasteiger partial charge in [0.15, 0.2) is 5.78 Å². The van der Waals surface area contributed by atoms with Gasteiger partial charge in [0.25, 0.3) is 0 Å². The molecule has 0 spiro atoms. The fourth-order valence-corrected chi connectivity index (χ4v) is 1.19. The van der Waals surface area contributed by atoms with Crippen molar-refractivity contribution >= 4 is 5.78 Å². The first kappa shape index (κ1) is 9.58. The first-order valence-corrected chi connectivity index (χ1v) is 4.12. The van der Waals surface area contributed by atoms with E-state index in [1.54, 1.807) is 0 Å². The standard InChI is InChI=1S/C10H12O3/c1-3-7-4-8(6(2)11)10(13)5-9(7)12/h4-5,12-13H,3H2,1-2H3. The number of carbonyl (C=O) groups excluding carboxylic acids is 1. The largest absolute Gasteiger partial charge is 0.508 e. The maximum atomic E-state index is 11.0. The molecule has 0 saturated heterocycles. The second kappa shape index (κ2) is 3.47. The average Bonchev–Trinajstić information content (AvgIpc) is 2.03. The summed E-state index contributed by atoms with van der Waals surface area (Å²) >= 11 is 0. The first-order chi connectivity index (χ1) is 6.06. The van der Waals surface area contributed by atoms with E-state index in [-0.39, 0.29) is 22.8 Å². The lowest BCUT2D eigenvalue weighted by Gasteiger charge is -2.05. The van der Waals surface area contributed by atoms with E-state index in [1.165, 1.54) is 19.1 Å². The number of Topliss-reactive ketones (excluding diaryl/α,β-unsaturated/α-hetero) is 1. The molecule has 0 aliphatic heterocycles. The number of aryl methyl sites for hydroxylation is 1. The molecule has 0 aliphatic rings. The summed E-state index contributed by atoms with van der Waals surface area (Å²) < 4.78 is 0. The van der Waals surface area contributed by atoms with Gasteiger partial charge in [-0.1, -0.05) is 6.92 Å². The van der Waals surface area contributed by atoms with Gasteiger partial charge in [-0.25, -0.2) is 0 Å². The maximum Gasteiger partial charge on any atom is 0.163 e. The van der Waals surface area contributed by atoms with Crippen LogP contribution in [0.2, 0.25) is 0 Å². The fraction of sp³-hybridized carbons (Fsp3) is 0.300. The van der Waals surface area contributed by atoms with Crippen LogP contribution in [0, 0.1) is 0 Å². The van der Waals surface area contributed by atoms with Crippen LogP contribution in [0.5, 0.6) is 11.5 Å².